The molecule has 0 unspecified atom stereocenters. The molecule has 1 amide bonds. The van der Waals surface area contributed by atoms with Crippen molar-refractivity contribution in [3.05, 3.63) is 41.2 Å². The van der Waals surface area contributed by atoms with E-state index >= 15 is 0 Å². The maximum Gasteiger partial charge on any atom is 0.253 e. The number of nitrogens with zero attached hydrogens (tertiary/aromatic N) is 4. The largest absolute Gasteiger partial charge is 0.336 e. The van der Waals surface area contributed by atoms with Gasteiger partial charge in [-0.2, -0.15) is 0 Å². The van der Waals surface area contributed by atoms with E-state index in [2.05, 4.69) is 15.2 Å². The molecule has 1 fully saturated rings. The van der Waals surface area contributed by atoms with Crippen LogP contribution < -0.4 is 5.14 Å². The van der Waals surface area contributed by atoms with Crippen LogP contribution in [-0.4, -0.2) is 60.6 Å². The van der Waals surface area contributed by atoms with E-state index in [0.29, 0.717) is 38.3 Å². The van der Waals surface area contributed by atoms with Gasteiger partial charge in [0.2, 0.25) is 10.0 Å². The summed E-state index contributed by atoms with van der Waals surface area (Å²) in [5, 5.41) is 12.7. The lowest BCUT2D eigenvalue weighted by atomic mass is 10.2. The van der Waals surface area contributed by atoms with E-state index < -0.39 is 10.0 Å². The Kier molecular flexibility index (Phi) is 4.84. The number of aryl methyl sites for hydroxylation is 1. The highest BCUT2D eigenvalue weighted by Gasteiger charge is 2.23. The Bertz CT molecular complexity index is 854. The molecule has 9 nitrogen and oxygen atoms in total. The van der Waals surface area contributed by atoms with Crippen molar-refractivity contribution in [1.82, 2.24) is 20.1 Å². The Morgan fingerprint density at radius 1 is 1.16 bits per heavy atom. The maximum atomic E-state index is 12.5. The van der Waals surface area contributed by atoms with Crippen molar-refractivity contribution in [2.24, 2.45) is 5.14 Å². The van der Waals surface area contributed by atoms with Crippen LogP contribution in [0.25, 0.3) is 0 Å². The molecule has 1 aliphatic rings. The van der Waals surface area contributed by atoms with E-state index in [1.165, 1.54) is 24.3 Å². The van der Waals surface area contributed by atoms with E-state index in [-0.39, 0.29) is 10.8 Å². The fourth-order valence-electron chi connectivity index (χ4n) is 2.68. The van der Waals surface area contributed by atoms with Crippen LogP contribution in [0.15, 0.2) is 33.8 Å². The molecule has 0 saturated carbocycles. The zero-order valence-electron chi connectivity index (χ0n) is 13.8. The lowest BCUT2D eigenvalue weighted by Gasteiger charge is -2.34. The van der Waals surface area contributed by atoms with E-state index in [9.17, 15) is 13.2 Å². The van der Waals surface area contributed by atoms with Crippen molar-refractivity contribution in [3.63, 3.8) is 0 Å². The molecule has 3 rings (SSSR count). The second kappa shape index (κ2) is 6.90. The van der Waals surface area contributed by atoms with Gasteiger partial charge in [0, 0.05) is 38.3 Å². The summed E-state index contributed by atoms with van der Waals surface area (Å²) in [7, 11) is -3.76. The van der Waals surface area contributed by atoms with Gasteiger partial charge in [-0.3, -0.25) is 9.69 Å². The summed E-state index contributed by atoms with van der Waals surface area (Å²) < 4.78 is 27.2. The summed E-state index contributed by atoms with van der Waals surface area (Å²) in [4.78, 5) is 16.4. The highest BCUT2D eigenvalue weighted by molar-refractivity contribution is 7.89. The average molecular weight is 365 g/mol. The molecule has 0 atom stereocenters. The fraction of sp³-hybridized carbons (Fsp3) is 0.400. The fourth-order valence-corrected chi connectivity index (χ4v) is 3.20. The molecule has 1 aliphatic heterocycles. The summed E-state index contributed by atoms with van der Waals surface area (Å²) in [5.74, 6) is -0.125. The number of amides is 1. The van der Waals surface area contributed by atoms with Gasteiger partial charge in [0.15, 0.2) is 0 Å². The molecule has 0 spiro atoms. The number of carbonyl (C=O) groups is 1. The number of hydrogen-bond donors (Lipinski definition) is 1. The lowest BCUT2D eigenvalue weighted by molar-refractivity contribution is 0.0625. The number of benzene rings is 1. The third-order valence-corrected chi connectivity index (χ3v) is 5.14. The average Bonchev–Trinajstić information content (AvgIpc) is 2.99. The van der Waals surface area contributed by atoms with Crippen LogP contribution in [0.2, 0.25) is 0 Å². The molecule has 0 radical (unpaired) electrons. The summed E-state index contributed by atoms with van der Waals surface area (Å²) in [6, 6.07) is 5.66. The third kappa shape index (κ3) is 4.03. The molecular formula is C15H19N5O4S. The van der Waals surface area contributed by atoms with Crippen molar-refractivity contribution in [1.29, 1.82) is 0 Å². The molecule has 2 aromatic rings. The minimum absolute atomic E-state index is 0.00883. The normalized spacial score (nSPS) is 16.2. The Hall–Kier alpha value is -2.30. The molecule has 25 heavy (non-hydrogen) atoms. The number of nitrogens with two attached hydrogens (primary N) is 1. The van der Waals surface area contributed by atoms with Crippen LogP contribution in [0.3, 0.4) is 0 Å². The molecule has 134 valence electrons. The smallest absolute Gasteiger partial charge is 0.253 e. The summed E-state index contributed by atoms with van der Waals surface area (Å²) in [5.41, 5.74) is 2.02. The molecule has 10 heteroatoms. The van der Waals surface area contributed by atoms with Gasteiger partial charge in [0.1, 0.15) is 11.4 Å². The van der Waals surface area contributed by atoms with E-state index in [4.69, 9.17) is 9.77 Å². The molecular weight excluding hydrogens is 346 g/mol. The third-order valence-electron chi connectivity index (χ3n) is 4.21. The van der Waals surface area contributed by atoms with Crippen LogP contribution in [0.4, 0.5) is 0 Å². The molecule has 2 N–H and O–H groups in total. The van der Waals surface area contributed by atoms with Gasteiger partial charge in [-0.1, -0.05) is 10.3 Å². The number of carbonyl (C=O) groups excluding carboxylic acids is 1. The van der Waals surface area contributed by atoms with Gasteiger partial charge in [0.25, 0.3) is 5.91 Å². The monoisotopic (exact) mass is 365 g/mol. The topological polar surface area (TPSA) is 123 Å². The second-order valence-corrected chi connectivity index (χ2v) is 7.50. The molecule has 2 heterocycles. The van der Waals surface area contributed by atoms with Crippen molar-refractivity contribution < 1.29 is 17.8 Å². The van der Waals surface area contributed by atoms with Crippen LogP contribution in [0.5, 0.6) is 0 Å². The van der Waals surface area contributed by atoms with Crippen molar-refractivity contribution >= 4 is 15.9 Å². The van der Waals surface area contributed by atoms with Crippen LogP contribution in [-0.2, 0) is 16.6 Å². The maximum absolute atomic E-state index is 12.5. The first kappa shape index (κ1) is 17.5. The molecule has 1 aromatic carbocycles. The molecule has 1 saturated heterocycles. The summed E-state index contributed by atoms with van der Waals surface area (Å²) >= 11 is 0. The first-order valence-electron chi connectivity index (χ1n) is 7.77. The van der Waals surface area contributed by atoms with Gasteiger partial charge in [-0.15, -0.1) is 0 Å². The van der Waals surface area contributed by atoms with Crippen molar-refractivity contribution in [2.45, 2.75) is 18.4 Å². The van der Waals surface area contributed by atoms with Crippen LogP contribution in [0.1, 0.15) is 21.7 Å². The standard InChI is InChI=1S/C15H19N5O4S/c1-11-14(18-24-17-11)10-19-6-8-20(9-7-19)15(21)12-2-4-13(5-3-12)25(16,22)23/h2-5H,6-10H2,1H3,(H2,16,22,23). The van der Waals surface area contributed by atoms with Gasteiger partial charge in [-0.25, -0.2) is 18.2 Å². The number of piperazine rings is 1. The Morgan fingerprint density at radius 2 is 1.80 bits per heavy atom. The number of hydrogen-bond acceptors (Lipinski definition) is 7. The molecule has 1 aromatic heterocycles. The minimum Gasteiger partial charge on any atom is -0.336 e. The summed E-state index contributed by atoms with van der Waals surface area (Å²) in [6.07, 6.45) is 0. The zero-order valence-corrected chi connectivity index (χ0v) is 14.6. The Balaban J connectivity index is 1.59. The molecule has 0 aliphatic carbocycles. The van der Waals surface area contributed by atoms with E-state index in [0.717, 1.165) is 11.4 Å². The van der Waals surface area contributed by atoms with Gasteiger partial charge < -0.3 is 4.90 Å². The second-order valence-electron chi connectivity index (χ2n) is 5.93. The van der Waals surface area contributed by atoms with Crippen LogP contribution in [0, 0.1) is 6.92 Å². The van der Waals surface area contributed by atoms with Gasteiger partial charge >= 0.3 is 0 Å². The number of rotatable bonds is 4. The number of sulfonamides is 1. The van der Waals surface area contributed by atoms with Crippen LogP contribution >= 0.6 is 0 Å². The van der Waals surface area contributed by atoms with E-state index in [1.54, 1.807) is 4.90 Å². The van der Waals surface area contributed by atoms with Crippen molar-refractivity contribution in [2.75, 3.05) is 26.2 Å². The number of primary sulfonamides is 1. The van der Waals surface area contributed by atoms with Crippen molar-refractivity contribution in [3.8, 4) is 0 Å². The first-order chi connectivity index (χ1) is 11.8. The minimum atomic E-state index is -3.76. The summed E-state index contributed by atoms with van der Waals surface area (Å²) in [6.45, 7) is 5.08. The van der Waals surface area contributed by atoms with Gasteiger partial charge in [-0.05, 0) is 31.2 Å². The SMILES string of the molecule is Cc1nonc1CN1CCN(C(=O)c2ccc(S(N)(=O)=O)cc2)CC1. The first-order valence-corrected chi connectivity index (χ1v) is 9.32. The number of aromatic nitrogens is 2. The molecule has 0 bridgehead atoms. The highest BCUT2D eigenvalue weighted by Crippen LogP contribution is 2.14. The van der Waals surface area contributed by atoms with E-state index in [1.807, 2.05) is 6.92 Å². The lowest BCUT2D eigenvalue weighted by Crippen LogP contribution is -2.48. The highest BCUT2D eigenvalue weighted by atomic mass is 32.2. The Morgan fingerprint density at radius 3 is 2.32 bits per heavy atom. The quantitative estimate of drug-likeness (QED) is 0.808. The predicted octanol–water partition coefficient (Wildman–Crippen LogP) is -0.0166. The Labute approximate surface area is 145 Å². The zero-order chi connectivity index (χ0) is 18.0. The predicted molar refractivity (Wildman–Crippen MR) is 88.0 cm³/mol. The van der Waals surface area contributed by atoms with Gasteiger partial charge in [0.05, 0.1) is 4.90 Å².